The van der Waals surface area contributed by atoms with Crippen LogP contribution in [0.5, 0.6) is 0 Å². The van der Waals surface area contributed by atoms with E-state index in [-0.39, 0.29) is 17.0 Å². The van der Waals surface area contributed by atoms with Crippen LogP contribution in [0.2, 0.25) is 5.02 Å². The van der Waals surface area contributed by atoms with Gasteiger partial charge in [0, 0.05) is 22.7 Å². The van der Waals surface area contributed by atoms with Gasteiger partial charge in [-0.15, -0.1) is 0 Å². The van der Waals surface area contributed by atoms with Crippen molar-refractivity contribution in [3.05, 3.63) is 65.4 Å². The standard InChI is InChI=1S/C12H11ClN.BrH/c13-12-6-4-5-11(9-12)10-14-7-2-1-3-8-14;/h1-9H,10H2;1H/q+1;/p-1. The summed E-state index contributed by atoms with van der Waals surface area (Å²) < 4.78 is 2.12. The van der Waals surface area contributed by atoms with E-state index in [2.05, 4.69) is 10.6 Å². The Hall–Kier alpha value is -0.860. The third kappa shape index (κ3) is 3.65. The topological polar surface area (TPSA) is 3.88 Å². The molecule has 0 N–H and O–H groups in total. The van der Waals surface area contributed by atoms with Crippen LogP contribution in [0.4, 0.5) is 0 Å². The molecule has 1 aromatic carbocycles. The molecule has 0 saturated heterocycles. The zero-order valence-electron chi connectivity index (χ0n) is 8.11. The lowest BCUT2D eigenvalue weighted by Gasteiger charge is -1.97. The fourth-order valence-corrected chi connectivity index (χ4v) is 1.60. The fourth-order valence-electron chi connectivity index (χ4n) is 1.39. The van der Waals surface area contributed by atoms with Crippen molar-refractivity contribution >= 4 is 11.6 Å². The molecule has 0 radical (unpaired) electrons. The predicted octanol–water partition coefficient (Wildman–Crippen LogP) is -0.320. The molecule has 2 aromatic rings. The van der Waals surface area contributed by atoms with Crippen molar-refractivity contribution in [1.82, 2.24) is 0 Å². The van der Waals surface area contributed by atoms with Gasteiger partial charge in [0.25, 0.3) is 0 Å². The zero-order valence-corrected chi connectivity index (χ0v) is 10.4. The summed E-state index contributed by atoms with van der Waals surface area (Å²) in [5.41, 5.74) is 1.22. The van der Waals surface area contributed by atoms with E-state index in [0.29, 0.717) is 0 Å². The number of aromatic nitrogens is 1. The number of hydrogen-bond acceptors (Lipinski definition) is 0. The highest BCUT2D eigenvalue weighted by molar-refractivity contribution is 6.30. The number of hydrogen-bond donors (Lipinski definition) is 0. The number of halogens is 2. The van der Waals surface area contributed by atoms with Gasteiger partial charge in [0.05, 0.1) is 0 Å². The third-order valence-electron chi connectivity index (χ3n) is 2.03. The minimum Gasteiger partial charge on any atom is -1.00 e. The molecule has 1 nitrogen and oxygen atoms in total. The van der Waals surface area contributed by atoms with Gasteiger partial charge in [0.15, 0.2) is 18.9 Å². The second-order valence-corrected chi connectivity index (χ2v) is 3.61. The Kier molecular flexibility index (Phi) is 4.79. The number of pyridine rings is 1. The van der Waals surface area contributed by atoms with Gasteiger partial charge in [-0.3, -0.25) is 0 Å². The van der Waals surface area contributed by atoms with Crippen LogP contribution in [0.25, 0.3) is 0 Å². The molecule has 0 unspecified atom stereocenters. The van der Waals surface area contributed by atoms with Crippen molar-refractivity contribution in [2.24, 2.45) is 0 Å². The van der Waals surface area contributed by atoms with Crippen molar-refractivity contribution in [2.75, 3.05) is 0 Å². The van der Waals surface area contributed by atoms with Gasteiger partial charge in [-0.2, -0.15) is 0 Å². The second kappa shape index (κ2) is 5.89. The maximum Gasteiger partial charge on any atom is 0.173 e. The van der Waals surface area contributed by atoms with Crippen LogP contribution in [0, 0.1) is 0 Å². The lowest BCUT2D eigenvalue weighted by atomic mass is 10.2. The first kappa shape index (κ1) is 12.2. The normalized spacial score (nSPS) is 9.40. The number of benzene rings is 1. The third-order valence-corrected chi connectivity index (χ3v) is 2.27. The minimum absolute atomic E-state index is 0. The zero-order chi connectivity index (χ0) is 9.80. The Bertz CT molecular complexity index is 417. The molecule has 0 bridgehead atoms. The molecule has 78 valence electrons. The van der Waals surface area contributed by atoms with Crippen LogP contribution in [-0.4, -0.2) is 0 Å². The van der Waals surface area contributed by atoms with Crippen molar-refractivity contribution in [1.29, 1.82) is 0 Å². The van der Waals surface area contributed by atoms with Gasteiger partial charge in [-0.05, 0) is 12.1 Å². The summed E-state index contributed by atoms with van der Waals surface area (Å²) >= 11 is 5.90. The van der Waals surface area contributed by atoms with E-state index in [1.54, 1.807) is 0 Å². The molecule has 0 aliphatic heterocycles. The second-order valence-electron chi connectivity index (χ2n) is 3.18. The molecule has 15 heavy (non-hydrogen) atoms. The van der Waals surface area contributed by atoms with Gasteiger partial charge >= 0.3 is 0 Å². The number of nitrogens with zero attached hydrogens (tertiary/aromatic N) is 1. The quantitative estimate of drug-likeness (QED) is 0.666. The van der Waals surface area contributed by atoms with E-state index >= 15 is 0 Å². The van der Waals surface area contributed by atoms with Crippen LogP contribution in [0.1, 0.15) is 5.56 Å². The highest BCUT2D eigenvalue weighted by Crippen LogP contribution is 2.09. The summed E-state index contributed by atoms with van der Waals surface area (Å²) in [6.45, 7) is 0.862. The Morgan fingerprint density at radius 1 is 1.00 bits per heavy atom. The molecule has 0 aliphatic rings. The highest BCUT2D eigenvalue weighted by atomic mass is 79.9. The predicted molar refractivity (Wildman–Crippen MR) is 57.2 cm³/mol. The SMILES string of the molecule is Clc1cccc(C[n+]2ccccc2)c1.[Br-]. The van der Waals surface area contributed by atoms with Crippen LogP contribution in [-0.2, 0) is 6.54 Å². The monoisotopic (exact) mass is 283 g/mol. The van der Waals surface area contributed by atoms with Gasteiger partial charge in [-0.1, -0.05) is 29.8 Å². The first-order valence-corrected chi connectivity index (χ1v) is 4.91. The van der Waals surface area contributed by atoms with Crippen LogP contribution < -0.4 is 21.5 Å². The van der Waals surface area contributed by atoms with E-state index < -0.39 is 0 Å². The molecular weight excluding hydrogens is 273 g/mol. The van der Waals surface area contributed by atoms with Crippen LogP contribution >= 0.6 is 11.6 Å². The molecule has 0 spiro atoms. The summed E-state index contributed by atoms with van der Waals surface area (Å²) in [7, 11) is 0. The Morgan fingerprint density at radius 2 is 1.73 bits per heavy atom. The molecule has 0 fully saturated rings. The van der Waals surface area contributed by atoms with Gasteiger partial charge in [0.2, 0.25) is 0 Å². The Labute approximate surface area is 105 Å². The largest absolute Gasteiger partial charge is 1.00 e. The molecule has 0 amide bonds. The smallest absolute Gasteiger partial charge is 0.173 e. The lowest BCUT2D eigenvalue weighted by molar-refractivity contribution is -0.688. The highest BCUT2D eigenvalue weighted by Gasteiger charge is 2.00. The summed E-state index contributed by atoms with van der Waals surface area (Å²) in [4.78, 5) is 0. The van der Waals surface area contributed by atoms with E-state index in [4.69, 9.17) is 11.6 Å². The molecule has 0 saturated carbocycles. The average molecular weight is 285 g/mol. The summed E-state index contributed by atoms with van der Waals surface area (Å²) in [5.74, 6) is 0. The lowest BCUT2D eigenvalue weighted by Crippen LogP contribution is -3.00. The van der Waals surface area contributed by atoms with E-state index in [9.17, 15) is 0 Å². The van der Waals surface area contributed by atoms with E-state index in [0.717, 1.165) is 11.6 Å². The average Bonchev–Trinajstić information content (AvgIpc) is 2.19. The van der Waals surface area contributed by atoms with E-state index in [1.807, 2.05) is 48.8 Å². The van der Waals surface area contributed by atoms with Gasteiger partial charge in [-0.25, -0.2) is 4.57 Å². The fraction of sp³-hybridized carbons (Fsp3) is 0.0833. The summed E-state index contributed by atoms with van der Waals surface area (Å²) in [6, 6.07) is 14.0. The molecule has 1 aromatic heterocycles. The first-order chi connectivity index (χ1) is 6.84. The maximum absolute atomic E-state index is 5.90. The van der Waals surface area contributed by atoms with Gasteiger partial charge < -0.3 is 17.0 Å². The molecule has 2 rings (SSSR count). The van der Waals surface area contributed by atoms with Crippen LogP contribution in [0.3, 0.4) is 0 Å². The number of rotatable bonds is 2. The Balaban J connectivity index is 0.00000112. The van der Waals surface area contributed by atoms with Gasteiger partial charge in [0.1, 0.15) is 0 Å². The van der Waals surface area contributed by atoms with E-state index in [1.165, 1.54) is 5.56 Å². The van der Waals surface area contributed by atoms with Crippen molar-refractivity contribution < 1.29 is 21.5 Å². The molecule has 3 heteroatoms. The maximum atomic E-state index is 5.90. The van der Waals surface area contributed by atoms with Crippen LogP contribution in [0.15, 0.2) is 54.9 Å². The molecular formula is C12H11BrClN. The Morgan fingerprint density at radius 3 is 2.40 bits per heavy atom. The first-order valence-electron chi connectivity index (χ1n) is 4.53. The summed E-state index contributed by atoms with van der Waals surface area (Å²) in [6.07, 6.45) is 4.09. The molecule has 0 atom stereocenters. The van der Waals surface area contributed by atoms with Crippen molar-refractivity contribution in [3.8, 4) is 0 Å². The minimum atomic E-state index is 0. The molecule has 0 aliphatic carbocycles. The summed E-state index contributed by atoms with van der Waals surface area (Å²) in [5, 5.41) is 0.791. The van der Waals surface area contributed by atoms with Crippen molar-refractivity contribution in [3.63, 3.8) is 0 Å². The molecule has 1 heterocycles. The van der Waals surface area contributed by atoms with Crippen molar-refractivity contribution in [2.45, 2.75) is 6.54 Å².